The lowest BCUT2D eigenvalue weighted by molar-refractivity contribution is -0.109. The molecule has 5 nitrogen and oxygen atoms in total. The number of carbonyl (C=O) groups is 1. The molecule has 2 atom stereocenters. The number of H-pyrrole nitrogens is 1. The van der Waals surface area contributed by atoms with Crippen LogP contribution in [-0.2, 0) is 4.79 Å². The number of likely N-dealkylation sites (tertiary alicyclic amines) is 1. The summed E-state index contributed by atoms with van der Waals surface area (Å²) in [6.45, 7) is 26.8. The third kappa shape index (κ3) is 13.5. The van der Waals surface area contributed by atoms with Crippen LogP contribution >= 0.6 is 0 Å². The second-order valence-corrected chi connectivity index (χ2v) is 12.7. The number of aldehydes is 1. The Morgan fingerprint density at radius 2 is 1.84 bits per heavy atom. The Bertz CT molecular complexity index is 1080. The fraction of sp³-hybridized carbons (Fsp3) is 0.622. The summed E-state index contributed by atoms with van der Waals surface area (Å²) in [6, 6.07) is 5.14. The van der Waals surface area contributed by atoms with Crippen molar-refractivity contribution in [3.05, 3.63) is 66.7 Å². The topological polar surface area (TPSA) is 61.0 Å². The zero-order chi connectivity index (χ0) is 32.4. The van der Waals surface area contributed by atoms with Crippen LogP contribution < -0.4 is 5.32 Å². The molecule has 4 rings (SSSR count). The summed E-state index contributed by atoms with van der Waals surface area (Å²) in [5, 5.41) is 2.91. The fourth-order valence-corrected chi connectivity index (χ4v) is 5.78. The van der Waals surface area contributed by atoms with E-state index in [2.05, 4.69) is 68.0 Å². The van der Waals surface area contributed by atoms with Crippen molar-refractivity contribution in [3.8, 4) is 11.3 Å². The van der Waals surface area contributed by atoms with Crippen LogP contribution in [0.4, 0.5) is 4.39 Å². The van der Waals surface area contributed by atoms with Crippen LogP contribution in [0.2, 0.25) is 0 Å². The predicted molar refractivity (Wildman–Crippen MR) is 183 cm³/mol. The molecule has 2 heterocycles. The van der Waals surface area contributed by atoms with Gasteiger partial charge in [-0.2, -0.15) is 0 Å². The van der Waals surface area contributed by atoms with Gasteiger partial charge in [0.15, 0.2) is 0 Å². The van der Waals surface area contributed by atoms with Gasteiger partial charge < -0.3 is 20.0 Å². The molecule has 0 bridgehead atoms. The molecule has 2 aromatic rings. The van der Waals surface area contributed by atoms with E-state index in [1.807, 2.05) is 32.9 Å². The lowest BCUT2D eigenvalue weighted by Crippen LogP contribution is -2.33. The number of hydrogen-bond donors (Lipinski definition) is 2. The zero-order valence-corrected chi connectivity index (χ0v) is 28.6. The molecule has 1 aromatic carbocycles. The number of carbonyl (C=O) groups excluding carboxylic acids is 1. The molecule has 2 N–H and O–H groups in total. The molecule has 0 amide bonds. The number of imidazole rings is 1. The minimum absolute atomic E-state index is 0.183. The van der Waals surface area contributed by atoms with Gasteiger partial charge in [0.05, 0.1) is 17.9 Å². The molecule has 1 saturated carbocycles. The summed E-state index contributed by atoms with van der Waals surface area (Å²) in [5.41, 5.74) is 3.91. The third-order valence-corrected chi connectivity index (χ3v) is 7.92. The van der Waals surface area contributed by atoms with Gasteiger partial charge in [0, 0.05) is 36.7 Å². The molecular formula is C37H61FN4O. The molecule has 2 unspecified atom stereocenters. The monoisotopic (exact) mass is 596 g/mol. The van der Waals surface area contributed by atoms with Crippen molar-refractivity contribution in [1.29, 1.82) is 0 Å². The number of rotatable bonds is 11. The number of aromatic nitrogens is 2. The summed E-state index contributed by atoms with van der Waals surface area (Å²) < 4.78 is 14.1. The first-order valence-corrected chi connectivity index (χ1v) is 16.6. The normalized spacial score (nSPS) is 16.8. The van der Waals surface area contributed by atoms with Gasteiger partial charge in [-0.3, -0.25) is 0 Å². The van der Waals surface area contributed by atoms with E-state index >= 15 is 0 Å². The van der Waals surface area contributed by atoms with Crippen LogP contribution in [0.5, 0.6) is 0 Å². The lowest BCUT2D eigenvalue weighted by atomic mass is 9.63. The molecule has 43 heavy (non-hydrogen) atoms. The van der Waals surface area contributed by atoms with E-state index in [0.29, 0.717) is 23.3 Å². The molecule has 0 radical (unpaired) electrons. The first-order valence-electron chi connectivity index (χ1n) is 16.6. The minimum atomic E-state index is -0.190. The number of aromatic amines is 1. The predicted octanol–water partition coefficient (Wildman–Crippen LogP) is 9.96. The van der Waals surface area contributed by atoms with E-state index in [1.165, 1.54) is 44.9 Å². The van der Waals surface area contributed by atoms with Gasteiger partial charge in [-0.15, -0.1) is 0 Å². The maximum Gasteiger partial charge on any atom is 0.142 e. The average molecular weight is 597 g/mol. The fourth-order valence-electron chi connectivity index (χ4n) is 5.78. The van der Waals surface area contributed by atoms with Crippen LogP contribution in [0.25, 0.3) is 11.3 Å². The Morgan fingerprint density at radius 3 is 2.37 bits per heavy atom. The molecule has 2 fully saturated rings. The summed E-state index contributed by atoms with van der Waals surface area (Å²) in [6.07, 6.45) is 15.0. The second-order valence-electron chi connectivity index (χ2n) is 12.7. The molecule has 6 heteroatoms. The largest absolute Gasteiger partial charge is 0.382 e. The van der Waals surface area contributed by atoms with Crippen molar-refractivity contribution < 1.29 is 9.18 Å². The Hall–Kier alpha value is -2.89. The maximum atomic E-state index is 14.1. The van der Waals surface area contributed by atoms with E-state index < -0.39 is 0 Å². The van der Waals surface area contributed by atoms with E-state index in [1.54, 1.807) is 18.5 Å². The highest BCUT2D eigenvalue weighted by Gasteiger charge is 2.35. The first-order chi connectivity index (χ1) is 20.5. The molecular weight excluding hydrogens is 535 g/mol. The van der Waals surface area contributed by atoms with Crippen LogP contribution in [-0.4, -0.2) is 40.3 Å². The summed E-state index contributed by atoms with van der Waals surface area (Å²) in [4.78, 5) is 20.8. The maximum absolute atomic E-state index is 14.1. The number of nitrogens with one attached hydrogen (secondary N) is 2. The number of nitrogens with zero attached hydrogens (tertiary/aromatic N) is 2. The Labute approximate surface area is 262 Å². The van der Waals surface area contributed by atoms with E-state index in [4.69, 9.17) is 0 Å². The Kier molecular flexibility index (Phi) is 17.9. The standard InChI is InChI=1S/C20H27FN2.C12H20N2O.C3H8.C2H6/c1-13-5-8-16(17(21)9-13)18-12-22-19(23-18)14(2)6-7-15-10-20(3,4)11-15;1-3-13-12(10-15)9-11(2)14-7-5-4-6-8-14;1-3-2;1-2/h5,8-9,12,14-15H,6-7,10-11H2,1-4H3,(H,22,23);3,10,12-13H,1-2,4-9H2;3H2,1-2H3;1-2H3. The second kappa shape index (κ2) is 20.1. The highest BCUT2D eigenvalue weighted by Crippen LogP contribution is 2.47. The van der Waals surface area contributed by atoms with Gasteiger partial charge in [0.2, 0.25) is 0 Å². The number of aryl methyl sites for hydroxylation is 1. The molecule has 0 spiro atoms. The van der Waals surface area contributed by atoms with Crippen molar-refractivity contribution in [2.24, 2.45) is 11.3 Å². The van der Waals surface area contributed by atoms with E-state index in [0.717, 1.165) is 54.5 Å². The average Bonchev–Trinajstić information content (AvgIpc) is 3.47. The van der Waals surface area contributed by atoms with Crippen molar-refractivity contribution in [1.82, 2.24) is 20.2 Å². The summed E-state index contributed by atoms with van der Waals surface area (Å²) >= 11 is 0. The van der Waals surface area contributed by atoms with E-state index in [-0.39, 0.29) is 11.9 Å². The molecule has 1 aliphatic heterocycles. The molecule has 2 aliphatic rings. The lowest BCUT2D eigenvalue weighted by Gasteiger charge is -2.43. The third-order valence-electron chi connectivity index (χ3n) is 7.92. The number of piperidine rings is 1. The molecule has 242 valence electrons. The first kappa shape index (κ1) is 38.1. The van der Waals surface area contributed by atoms with E-state index in [9.17, 15) is 9.18 Å². The Balaban J connectivity index is 0.000000400. The summed E-state index contributed by atoms with van der Waals surface area (Å²) in [7, 11) is 0. The zero-order valence-electron chi connectivity index (χ0n) is 28.6. The van der Waals surface area contributed by atoms with Crippen molar-refractivity contribution in [2.45, 2.75) is 125 Å². The molecule has 1 saturated heterocycles. The van der Waals surface area contributed by atoms with Crippen LogP contribution in [0, 0.1) is 24.1 Å². The highest BCUT2D eigenvalue weighted by atomic mass is 19.1. The quantitative estimate of drug-likeness (QED) is 0.253. The van der Waals surface area contributed by atoms with Crippen LogP contribution in [0.1, 0.15) is 124 Å². The van der Waals surface area contributed by atoms with Crippen molar-refractivity contribution in [2.75, 3.05) is 13.1 Å². The number of halogens is 1. The SMILES string of the molecule is C=CNC(C=O)CC(=C)N1CCCCC1.CC.CCC.Cc1ccc(-c2cnc(C(C)CCC3CC(C)(C)C3)[nH]2)c(F)c1. The minimum Gasteiger partial charge on any atom is -0.382 e. The van der Waals surface area contributed by atoms with Gasteiger partial charge >= 0.3 is 0 Å². The number of benzene rings is 1. The summed E-state index contributed by atoms with van der Waals surface area (Å²) in [5.74, 6) is 2.04. The molecule has 1 aliphatic carbocycles. The Morgan fingerprint density at radius 1 is 1.21 bits per heavy atom. The van der Waals surface area contributed by atoms with Crippen molar-refractivity contribution in [3.63, 3.8) is 0 Å². The molecule has 1 aromatic heterocycles. The van der Waals surface area contributed by atoms with Crippen molar-refractivity contribution >= 4 is 6.29 Å². The van der Waals surface area contributed by atoms with Gasteiger partial charge in [0.25, 0.3) is 0 Å². The van der Waals surface area contributed by atoms with Gasteiger partial charge in [-0.05, 0) is 87.1 Å². The van der Waals surface area contributed by atoms with Gasteiger partial charge in [0.1, 0.15) is 17.9 Å². The van der Waals surface area contributed by atoms with Crippen LogP contribution in [0.3, 0.4) is 0 Å². The highest BCUT2D eigenvalue weighted by molar-refractivity contribution is 5.60. The van der Waals surface area contributed by atoms with Crippen LogP contribution in [0.15, 0.2) is 49.5 Å². The smallest absolute Gasteiger partial charge is 0.142 e. The van der Waals surface area contributed by atoms with Gasteiger partial charge in [-0.25, -0.2) is 9.37 Å². The van der Waals surface area contributed by atoms with Gasteiger partial charge in [-0.1, -0.05) is 74.1 Å². The number of hydrogen-bond acceptors (Lipinski definition) is 4.